The second-order valence-electron chi connectivity index (χ2n) is 14.1. The number of fused-ring (bicyclic) bond motifs is 8. The van der Waals surface area contributed by atoms with Gasteiger partial charge in [-0.2, -0.15) is 0 Å². The van der Waals surface area contributed by atoms with Gasteiger partial charge in [0.2, 0.25) is 0 Å². The average molecular weight is 704 g/mol. The summed E-state index contributed by atoms with van der Waals surface area (Å²) in [4.78, 5) is 2.45. The molecule has 0 amide bonds. The maximum Gasteiger partial charge on any atom is 0.0554 e. The second kappa shape index (κ2) is 12.4. The van der Waals surface area contributed by atoms with E-state index < -0.39 is 0 Å². The normalized spacial score (nSPS) is 11.7. The molecule has 0 saturated heterocycles. The standard InChI is InChI=1S/C52H33NS/c1-2-11-34(12-3-1)35-23-26-42(27-24-35)53(49-19-10-20-50-52(49)48-31-37-13-4-5-14-38(37)33-51(48)54-50)43-28-25-36-21-22-40(29-41(36)30-43)47-32-39-15-6-7-16-44(39)45-17-8-9-18-46(45)47/h1-33H. The first-order valence-electron chi connectivity index (χ1n) is 18.5. The number of anilines is 3. The van der Waals surface area contributed by atoms with Crippen molar-refractivity contribution < 1.29 is 0 Å². The van der Waals surface area contributed by atoms with E-state index in [4.69, 9.17) is 0 Å². The number of benzene rings is 10. The largest absolute Gasteiger partial charge is 0.310 e. The maximum absolute atomic E-state index is 2.45. The SMILES string of the molecule is c1ccc(-c2ccc(N(c3ccc4ccc(-c5cc6ccccc6c6ccccc56)cc4c3)c3cccc4sc5cc6ccccc6cc5c34)cc2)cc1. The van der Waals surface area contributed by atoms with Gasteiger partial charge in [-0.1, -0.05) is 140 Å². The van der Waals surface area contributed by atoms with E-state index in [0.29, 0.717) is 0 Å². The molecule has 0 bridgehead atoms. The van der Waals surface area contributed by atoms with Crippen LogP contribution in [0.25, 0.3) is 85.5 Å². The van der Waals surface area contributed by atoms with Crippen molar-refractivity contribution in [1.29, 1.82) is 0 Å². The van der Waals surface area contributed by atoms with Crippen molar-refractivity contribution in [2.75, 3.05) is 4.90 Å². The van der Waals surface area contributed by atoms with Gasteiger partial charge >= 0.3 is 0 Å². The summed E-state index contributed by atoms with van der Waals surface area (Å²) in [7, 11) is 0. The molecule has 0 atom stereocenters. The van der Waals surface area contributed by atoms with Crippen LogP contribution in [-0.2, 0) is 0 Å². The summed E-state index contributed by atoms with van der Waals surface area (Å²) in [5.41, 5.74) is 8.33. The number of rotatable bonds is 5. The predicted molar refractivity (Wildman–Crippen MR) is 235 cm³/mol. The molecule has 252 valence electrons. The molecule has 0 N–H and O–H groups in total. The summed E-state index contributed by atoms with van der Waals surface area (Å²) < 4.78 is 2.59. The topological polar surface area (TPSA) is 3.24 Å². The summed E-state index contributed by atoms with van der Waals surface area (Å²) >= 11 is 1.88. The fourth-order valence-electron chi connectivity index (χ4n) is 8.37. The van der Waals surface area contributed by atoms with Crippen LogP contribution in [0.5, 0.6) is 0 Å². The zero-order valence-corrected chi connectivity index (χ0v) is 30.2. The summed E-state index contributed by atoms with van der Waals surface area (Å²) in [6.07, 6.45) is 0. The molecule has 2 heteroatoms. The van der Waals surface area contributed by atoms with Crippen LogP contribution in [0, 0.1) is 0 Å². The van der Waals surface area contributed by atoms with Crippen LogP contribution in [0.2, 0.25) is 0 Å². The van der Waals surface area contributed by atoms with E-state index in [0.717, 1.165) is 11.4 Å². The third-order valence-electron chi connectivity index (χ3n) is 11.0. The van der Waals surface area contributed by atoms with Gasteiger partial charge in [-0.05, 0) is 126 Å². The van der Waals surface area contributed by atoms with Gasteiger partial charge in [0.05, 0.1) is 5.69 Å². The number of hydrogen-bond donors (Lipinski definition) is 0. The fraction of sp³-hybridized carbons (Fsp3) is 0. The minimum absolute atomic E-state index is 1.12. The Hall–Kier alpha value is -6.74. The molecule has 1 nitrogen and oxygen atoms in total. The van der Waals surface area contributed by atoms with Crippen molar-refractivity contribution in [2.24, 2.45) is 0 Å². The number of nitrogens with zero attached hydrogens (tertiary/aromatic N) is 1. The Morgan fingerprint density at radius 3 is 1.80 bits per heavy atom. The monoisotopic (exact) mass is 703 g/mol. The smallest absolute Gasteiger partial charge is 0.0554 e. The van der Waals surface area contributed by atoms with Gasteiger partial charge in [0.15, 0.2) is 0 Å². The Labute approximate surface area is 317 Å². The fourth-order valence-corrected chi connectivity index (χ4v) is 9.53. The highest BCUT2D eigenvalue weighted by atomic mass is 32.1. The van der Waals surface area contributed by atoms with E-state index in [1.165, 1.54) is 91.2 Å². The zero-order chi connectivity index (χ0) is 35.6. The van der Waals surface area contributed by atoms with Crippen LogP contribution in [0.15, 0.2) is 200 Å². The Balaban J connectivity index is 1.12. The average Bonchev–Trinajstić information content (AvgIpc) is 3.61. The summed E-state index contributed by atoms with van der Waals surface area (Å²) in [5.74, 6) is 0. The van der Waals surface area contributed by atoms with E-state index >= 15 is 0 Å². The van der Waals surface area contributed by atoms with Crippen molar-refractivity contribution in [1.82, 2.24) is 0 Å². The van der Waals surface area contributed by atoms with Gasteiger partial charge in [0.1, 0.15) is 0 Å². The van der Waals surface area contributed by atoms with Gasteiger partial charge in [-0.3, -0.25) is 0 Å². The lowest BCUT2D eigenvalue weighted by Crippen LogP contribution is -2.10. The molecule has 54 heavy (non-hydrogen) atoms. The quantitative estimate of drug-likeness (QED) is 0.161. The van der Waals surface area contributed by atoms with Crippen LogP contribution in [0.1, 0.15) is 0 Å². The van der Waals surface area contributed by atoms with Gasteiger partial charge in [-0.15, -0.1) is 11.3 Å². The first-order chi connectivity index (χ1) is 26.7. The molecule has 0 aliphatic heterocycles. The maximum atomic E-state index is 2.45. The van der Waals surface area contributed by atoms with Gasteiger partial charge in [0, 0.05) is 31.5 Å². The Bertz CT molecular complexity index is 3210. The second-order valence-corrected chi connectivity index (χ2v) is 15.2. The molecule has 0 spiro atoms. The number of hydrogen-bond acceptors (Lipinski definition) is 2. The van der Waals surface area contributed by atoms with Crippen LogP contribution < -0.4 is 4.90 Å². The highest BCUT2D eigenvalue weighted by molar-refractivity contribution is 7.26. The van der Waals surface area contributed by atoms with Crippen molar-refractivity contribution >= 4 is 91.7 Å². The van der Waals surface area contributed by atoms with E-state index in [9.17, 15) is 0 Å². The molecule has 0 fully saturated rings. The van der Waals surface area contributed by atoms with E-state index in [1.54, 1.807) is 0 Å². The van der Waals surface area contributed by atoms with Crippen LogP contribution in [0.4, 0.5) is 17.1 Å². The van der Waals surface area contributed by atoms with Gasteiger partial charge in [-0.25, -0.2) is 0 Å². The lowest BCUT2D eigenvalue weighted by Gasteiger charge is -2.27. The van der Waals surface area contributed by atoms with Crippen LogP contribution in [0.3, 0.4) is 0 Å². The lowest BCUT2D eigenvalue weighted by molar-refractivity contribution is 1.31. The van der Waals surface area contributed by atoms with Crippen molar-refractivity contribution in [3.05, 3.63) is 200 Å². The molecule has 11 aromatic rings. The molecule has 0 unspecified atom stereocenters. The van der Waals surface area contributed by atoms with Crippen LogP contribution >= 0.6 is 11.3 Å². The highest BCUT2D eigenvalue weighted by Crippen LogP contribution is 2.47. The highest BCUT2D eigenvalue weighted by Gasteiger charge is 2.20. The lowest BCUT2D eigenvalue weighted by atomic mass is 9.92. The van der Waals surface area contributed by atoms with Crippen molar-refractivity contribution in [3.63, 3.8) is 0 Å². The summed E-state index contributed by atoms with van der Waals surface area (Å²) in [5, 5.41) is 12.6. The van der Waals surface area contributed by atoms with Crippen LogP contribution in [-0.4, -0.2) is 0 Å². The Kier molecular flexibility index (Phi) is 7.11. The molecular formula is C52H33NS. The molecule has 1 aromatic heterocycles. The zero-order valence-electron chi connectivity index (χ0n) is 29.4. The van der Waals surface area contributed by atoms with Gasteiger partial charge < -0.3 is 4.90 Å². The van der Waals surface area contributed by atoms with Crippen molar-refractivity contribution in [3.8, 4) is 22.3 Å². The van der Waals surface area contributed by atoms with E-state index in [2.05, 4.69) is 205 Å². The molecule has 10 aromatic carbocycles. The van der Waals surface area contributed by atoms with Crippen molar-refractivity contribution in [2.45, 2.75) is 0 Å². The van der Waals surface area contributed by atoms with E-state index in [-0.39, 0.29) is 0 Å². The first-order valence-corrected chi connectivity index (χ1v) is 19.3. The molecule has 0 aliphatic rings. The molecule has 0 aliphatic carbocycles. The Morgan fingerprint density at radius 1 is 0.315 bits per heavy atom. The molecule has 1 heterocycles. The third-order valence-corrected chi connectivity index (χ3v) is 12.1. The molecule has 0 saturated carbocycles. The first kappa shape index (κ1) is 30.8. The molecule has 0 radical (unpaired) electrons. The Morgan fingerprint density at radius 2 is 0.963 bits per heavy atom. The number of thiophene rings is 1. The summed E-state index contributed by atoms with van der Waals surface area (Å²) in [6.45, 7) is 0. The summed E-state index contributed by atoms with van der Waals surface area (Å²) in [6, 6.07) is 73.6. The van der Waals surface area contributed by atoms with E-state index in [1.807, 2.05) is 11.3 Å². The predicted octanol–water partition coefficient (Wildman–Crippen LogP) is 15.5. The minimum atomic E-state index is 1.12. The molecular weight excluding hydrogens is 671 g/mol. The minimum Gasteiger partial charge on any atom is -0.310 e. The third kappa shape index (κ3) is 5.07. The molecule has 11 rings (SSSR count). The van der Waals surface area contributed by atoms with Gasteiger partial charge in [0.25, 0.3) is 0 Å².